The summed E-state index contributed by atoms with van der Waals surface area (Å²) >= 11 is 6.01. The number of hydrogen-bond donors (Lipinski definition) is 0. The van der Waals surface area contributed by atoms with Crippen LogP contribution in [0.4, 0.5) is 0 Å². The number of halogens is 1. The van der Waals surface area contributed by atoms with Crippen molar-refractivity contribution in [1.82, 2.24) is 19.6 Å². The van der Waals surface area contributed by atoms with Crippen molar-refractivity contribution in [3.63, 3.8) is 0 Å². The van der Waals surface area contributed by atoms with Gasteiger partial charge in [-0.1, -0.05) is 11.6 Å². The highest BCUT2D eigenvalue weighted by Gasteiger charge is 2.41. The van der Waals surface area contributed by atoms with Crippen LogP contribution < -0.4 is 4.74 Å². The molecule has 2 aliphatic rings. The summed E-state index contributed by atoms with van der Waals surface area (Å²) in [6, 6.07) is 9.60. The number of nitrogens with zero attached hydrogens (tertiary/aromatic N) is 4. The van der Waals surface area contributed by atoms with Crippen LogP contribution in [-0.4, -0.2) is 83.7 Å². The quantitative estimate of drug-likeness (QED) is 0.583. The highest BCUT2D eigenvalue weighted by atomic mass is 35.5. The summed E-state index contributed by atoms with van der Waals surface area (Å²) in [4.78, 5) is 17.4. The summed E-state index contributed by atoms with van der Waals surface area (Å²) in [7, 11) is 0. The normalized spacial score (nSPS) is 22.0. The summed E-state index contributed by atoms with van der Waals surface area (Å²) in [6.45, 7) is 9.59. The van der Waals surface area contributed by atoms with Gasteiger partial charge in [-0.05, 0) is 44.2 Å². The van der Waals surface area contributed by atoms with Crippen LogP contribution in [0, 0.1) is 0 Å². The molecule has 0 saturated carbocycles. The van der Waals surface area contributed by atoms with Crippen molar-refractivity contribution in [2.75, 3.05) is 52.6 Å². The lowest BCUT2D eigenvalue weighted by atomic mass is 9.96. The fraction of sp³-hybridized carbons (Fsp3) is 0.583. The third kappa shape index (κ3) is 6.26. The number of carbonyl (C=O) groups is 1. The molecule has 9 heteroatoms. The van der Waals surface area contributed by atoms with E-state index in [1.807, 2.05) is 27.9 Å². The number of amides is 1. The van der Waals surface area contributed by atoms with E-state index >= 15 is 0 Å². The monoisotopic (exact) mass is 476 g/mol. The van der Waals surface area contributed by atoms with Gasteiger partial charge in [0.05, 0.1) is 31.9 Å². The topological polar surface area (TPSA) is 69.1 Å². The molecular weight excluding hydrogens is 444 g/mol. The minimum absolute atomic E-state index is 0.0760. The van der Waals surface area contributed by atoms with E-state index in [1.165, 1.54) is 0 Å². The molecule has 0 unspecified atom stereocenters. The lowest BCUT2D eigenvalue weighted by Crippen LogP contribution is -2.57. The van der Waals surface area contributed by atoms with Crippen LogP contribution >= 0.6 is 11.6 Å². The Hall–Kier alpha value is -2.13. The number of aromatic nitrogens is 2. The lowest BCUT2D eigenvalue weighted by molar-refractivity contribution is -0.159. The number of rotatable bonds is 8. The van der Waals surface area contributed by atoms with Gasteiger partial charge in [-0.2, -0.15) is 5.10 Å². The van der Waals surface area contributed by atoms with E-state index in [9.17, 15) is 4.79 Å². The number of ether oxygens (including phenoxy) is 3. The summed E-state index contributed by atoms with van der Waals surface area (Å²) in [5, 5.41) is 5.11. The Morgan fingerprint density at radius 2 is 1.91 bits per heavy atom. The van der Waals surface area contributed by atoms with Crippen LogP contribution in [0.1, 0.15) is 32.0 Å². The van der Waals surface area contributed by atoms with Crippen molar-refractivity contribution in [2.45, 2.75) is 38.5 Å². The maximum Gasteiger partial charge on any atom is 0.225 e. The molecule has 0 N–H and O–H groups in total. The van der Waals surface area contributed by atoms with E-state index in [1.54, 1.807) is 12.1 Å². The minimum atomic E-state index is -0.740. The lowest BCUT2D eigenvalue weighted by Gasteiger charge is -2.43. The Kier molecular flexibility index (Phi) is 7.90. The molecule has 2 fully saturated rings. The van der Waals surface area contributed by atoms with Crippen molar-refractivity contribution in [3.8, 4) is 5.75 Å². The van der Waals surface area contributed by atoms with Crippen molar-refractivity contribution < 1.29 is 19.0 Å². The van der Waals surface area contributed by atoms with Crippen LogP contribution in [0.3, 0.4) is 0 Å². The first-order chi connectivity index (χ1) is 15.9. The van der Waals surface area contributed by atoms with Gasteiger partial charge in [-0.3, -0.25) is 14.4 Å². The first-order valence-corrected chi connectivity index (χ1v) is 11.9. The van der Waals surface area contributed by atoms with E-state index in [2.05, 4.69) is 29.9 Å². The van der Waals surface area contributed by atoms with E-state index in [0.717, 1.165) is 18.8 Å². The van der Waals surface area contributed by atoms with Crippen molar-refractivity contribution in [1.29, 1.82) is 0 Å². The fourth-order valence-electron chi connectivity index (χ4n) is 4.41. The standard InChI is InChI=1S/C24H33ClN4O4/c1-19(2)29-21(7-8-26-29)16-27-9-14-33-24(17-27,15-23(30)28-10-12-31-13-11-28)18-32-22-5-3-20(25)4-6-22/h3-8,19H,9-18H2,1-2H3/t24-/m1/s1. The van der Waals surface area contributed by atoms with Gasteiger partial charge in [-0.25, -0.2) is 0 Å². The second kappa shape index (κ2) is 10.9. The molecule has 0 spiro atoms. The second-order valence-electron chi connectivity index (χ2n) is 9.02. The van der Waals surface area contributed by atoms with E-state index in [4.69, 9.17) is 25.8 Å². The molecule has 0 bridgehead atoms. The zero-order valence-electron chi connectivity index (χ0n) is 19.4. The highest BCUT2D eigenvalue weighted by Crippen LogP contribution is 2.27. The fourth-order valence-corrected chi connectivity index (χ4v) is 4.54. The molecule has 1 amide bonds. The maximum absolute atomic E-state index is 13.2. The summed E-state index contributed by atoms with van der Waals surface area (Å²) in [6.07, 6.45) is 2.11. The van der Waals surface area contributed by atoms with Crippen LogP contribution in [-0.2, 0) is 20.8 Å². The third-order valence-electron chi connectivity index (χ3n) is 6.11. The van der Waals surface area contributed by atoms with Crippen LogP contribution in [0.2, 0.25) is 5.02 Å². The Balaban J connectivity index is 1.49. The molecule has 0 aliphatic carbocycles. The molecular formula is C24H33ClN4O4. The van der Waals surface area contributed by atoms with Crippen LogP contribution in [0.25, 0.3) is 0 Å². The van der Waals surface area contributed by atoms with Crippen molar-refractivity contribution in [2.24, 2.45) is 0 Å². The van der Waals surface area contributed by atoms with Gasteiger partial charge >= 0.3 is 0 Å². The smallest absolute Gasteiger partial charge is 0.225 e. The summed E-state index contributed by atoms with van der Waals surface area (Å²) in [5.74, 6) is 0.781. The molecule has 1 aromatic carbocycles. The van der Waals surface area contributed by atoms with E-state index in [-0.39, 0.29) is 25.0 Å². The molecule has 1 atom stereocenters. The minimum Gasteiger partial charge on any atom is -0.491 e. The molecule has 2 aliphatic heterocycles. The van der Waals surface area contributed by atoms with E-state index < -0.39 is 5.60 Å². The predicted molar refractivity (Wildman–Crippen MR) is 126 cm³/mol. The summed E-state index contributed by atoms with van der Waals surface area (Å²) in [5.41, 5.74) is 0.412. The molecule has 0 radical (unpaired) electrons. The van der Waals surface area contributed by atoms with Gasteiger partial charge < -0.3 is 19.1 Å². The molecule has 180 valence electrons. The van der Waals surface area contributed by atoms with Crippen LogP contribution in [0.5, 0.6) is 5.75 Å². The Bertz CT molecular complexity index is 913. The third-order valence-corrected chi connectivity index (χ3v) is 6.36. The molecule has 2 saturated heterocycles. The summed E-state index contributed by atoms with van der Waals surface area (Å²) < 4.78 is 19.9. The largest absolute Gasteiger partial charge is 0.491 e. The Morgan fingerprint density at radius 3 is 2.64 bits per heavy atom. The molecule has 33 heavy (non-hydrogen) atoms. The zero-order valence-corrected chi connectivity index (χ0v) is 20.2. The molecule has 3 heterocycles. The van der Waals surface area contributed by atoms with Gasteiger partial charge in [0, 0.05) is 50.0 Å². The van der Waals surface area contributed by atoms with Crippen molar-refractivity contribution >= 4 is 17.5 Å². The number of benzene rings is 1. The average Bonchev–Trinajstić information content (AvgIpc) is 3.28. The van der Waals surface area contributed by atoms with Gasteiger partial charge in [0.1, 0.15) is 18.0 Å². The molecule has 1 aromatic heterocycles. The molecule has 8 nitrogen and oxygen atoms in total. The number of carbonyl (C=O) groups excluding carboxylic acids is 1. The first kappa shape index (κ1) is 24.0. The Labute approximate surface area is 200 Å². The maximum atomic E-state index is 13.2. The van der Waals surface area contributed by atoms with Gasteiger partial charge in [0.15, 0.2) is 0 Å². The zero-order chi connectivity index (χ0) is 23.3. The van der Waals surface area contributed by atoms with Crippen LogP contribution in [0.15, 0.2) is 36.5 Å². The number of morpholine rings is 2. The van der Waals surface area contributed by atoms with Gasteiger partial charge in [-0.15, -0.1) is 0 Å². The molecule has 2 aromatic rings. The predicted octanol–water partition coefficient (Wildman–Crippen LogP) is 3.02. The second-order valence-corrected chi connectivity index (χ2v) is 9.45. The van der Waals surface area contributed by atoms with Gasteiger partial charge in [0.2, 0.25) is 5.91 Å². The highest BCUT2D eigenvalue weighted by molar-refractivity contribution is 6.30. The SMILES string of the molecule is CC(C)n1nccc1CN1CCO[C@](COc2ccc(Cl)cc2)(CC(=O)N2CCOCC2)C1. The Morgan fingerprint density at radius 1 is 1.15 bits per heavy atom. The van der Waals surface area contributed by atoms with E-state index in [0.29, 0.717) is 50.2 Å². The average molecular weight is 477 g/mol. The molecule has 4 rings (SSSR count). The van der Waals surface area contributed by atoms with Crippen molar-refractivity contribution in [3.05, 3.63) is 47.2 Å². The first-order valence-electron chi connectivity index (χ1n) is 11.6. The number of hydrogen-bond acceptors (Lipinski definition) is 6. The van der Waals surface area contributed by atoms with Gasteiger partial charge in [0.25, 0.3) is 0 Å².